The van der Waals surface area contributed by atoms with Crippen LogP contribution in [0.3, 0.4) is 0 Å². The third-order valence-corrected chi connectivity index (χ3v) is 2.81. The number of carboxylic acids is 1. The smallest absolute Gasteiger partial charge is 0.356 e. The molecule has 0 unspecified atom stereocenters. The van der Waals surface area contributed by atoms with E-state index in [4.69, 9.17) is 9.84 Å². The van der Waals surface area contributed by atoms with Crippen molar-refractivity contribution < 1.29 is 14.6 Å². The predicted octanol–water partition coefficient (Wildman–Crippen LogP) is 2.61. The number of halogens is 1. The van der Waals surface area contributed by atoms with Gasteiger partial charge in [-0.1, -0.05) is 15.9 Å². The Balaban J connectivity index is 2.48. The number of carbonyl (C=O) groups is 1. The van der Waals surface area contributed by atoms with E-state index in [9.17, 15) is 4.79 Å². The summed E-state index contributed by atoms with van der Waals surface area (Å²) in [6, 6.07) is 8.49. The Labute approximate surface area is 112 Å². The van der Waals surface area contributed by atoms with E-state index in [-0.39, 0.29) is 5.69 Å². The molecule has 18 heavy (non-hydrogen) atoms. The van der Waals surface area contributed by atoms with Crippen LogP contribution in [0.15, 0.2) is 34.8 Å². The van der Waals surface area contributed by atoms with Crippen LogP contribution in [-0.2, 0) is 0 Å². The maximum absolute atomic E-state index is 10.7. The number of ether oxygens (including phenoxy) is 1. The molecule has 0 aliphatic rings. The third kappa shape index (κ3) is 2.48. The highest BCUT2D eigenvalue weighted by molar-refractivity contribution is 9.10. The van der Waals surface area contributed by atoms with E-state index in [1.54, 1.807) is 19.2 Å². The van der Waals surface area contributed by atoms with E-state index < -0.39 is 5.97 Å². The molecular formula is C12H9BrN2O3. The molecule has 0 aliphatic heterocycles. The van der Waals surface area contributed by atoms with Gasteiger partial charge in [0.05, 0.1) is 12.8 Å². The van der Waals surface area contributed by atoms with E-state index in [1.807, 2.05) is 12.1 Å². The Bertz CT molecular complexity index is 584. The summed E-state index contributed by atoms with van der Waals surface area (Å²) in [7, 11) is 1.56. The van der Waals surface area contributed by atoms with Gasteiger partial charge >= 0.3 is 5.97 Å². The minimum Gasteiger partial charge on any atom is -0.496 e. The molecule has 0 amide bonds. The topological polar surface area (TPSA) is 72.3 Å². The van der Waals surface area contributed by atoms with Gasteiger partial charge in [-0.05, 0) is 30.3 Å². The third-order valence-electron chi connectivity index (χ3n) is 2.32. The second kappa shape index (κ2) is 5.14. The van der Waals surface area contributed by atoms with Gasteiger partial charge in [-0.3, -0.25) is 0 Å². The average molecular weight is 309 g/mol. The number of aromatic nitrogens is 2. The zero-order valence-electron chi connectivity index (χ0n) is 9.42. The van der Waals surface area contributed by atoms with Crippen molar-refractivity contribution >= 4 is 21.9 Å². The SMILES string of the molecule is COc1ccc(Br)cc1-c1ccc(C(=O)O)nn1. The quantitative estimate of drug-likeness (QED) is 0.943. The standard InChI is InChI=1S/C12H9BrN2O3/c1-18-11-5-2-7(13)6-8(11)9-3-4-10(12(16)17)15-14-9/h2-6H,1H3,(H,16,17). The highest BCUT2D eigenvalue weighted by Gasteiger charge is 2.10. The lowest BCUT2D eigenvalue weighted by molar-refractivity contribution is 0.0689. The lowest BCUT2D eigenvalue weighted by atomic mass is 10.1. The van der Waals surface area contributed by atoms with Crippen LogP contribution in [0.2, 0.25) is 0 Å². The fourth-order valence-corrected chi connectivity index (χ4v) is 1.83. The maximum atomic E-state index is 10.7. The van der Waals surface area contributed by atoms with Gasteiger partial charge in [-0.15, -0.1) is 10.2 Å². The molecular weight excluding hydrogens is 300 g/mol. The molecule has 5 nitrogen and oxygen atoms in total. The zero-order valence-corrected chi connectivity index (χ0v) is 11.0. The molecule has 0 aliphatic carbocycles. The Morgan fingerprint density at radius 1 is 1.28 bits per heavy atom. The summed E-state index contributed by atoms with van der Waals surface area (Å²) in [5.41, 5.74) is 1.21. The van der Waals surface area contributed by atoms with Gasteiger partial charge in [0.25, 0.3) is 0 Å². The molecule has 0 radical (unpaired) electrons. The Kier molecular flexibility index (Phi) is 3.57. The van der Waals surface area contributed by atoms with Gasteiger partial charge in [0.15, 0.2) is 5.69 Å². The Morgan fingerprint density at radius 3 is 2.61 bits per heavy atom. The summed E-state index contributed by atoms with van der Waals surface area (Å²) >= 11 is 3.36. The van der Waals surface area contributed by atoms with Crippen LogP contribution in [0.4, 0.5) is 0 Å². The summed E-state index contributed by atoms with van der Waals surface area (Å²) in [5, 5.41) is 16.3. The molecule has 2 aromatic rings. The largest absolute Gasteiger partial charge is 0.496 e. The van der Waals surface area contributed by atoms with Crippen molar-refractivity contribution in [2.45, 2.75) is 0 Å². The van der Waals surface area contributed by atoms with Crippen molar-refractivity contribution in [1.82, 2.24) is 10.2 Å². The monoisotopic (exact) mass is 308 g/mol. The highest BCUT2D eigenvalue weighted by atomic mass is 79.9. The number of methoxy groups -OCH3 is 1. The second-order valence-corrected chi connectivity index (χ2v) is 4.37. The lowest BCUT2D eigenvalue weighted by Gasteiger charge is -2.07. The number of rotatable bonds is 3. The number of nitrogens with zero attached hydrogens (tertiary/aromatic N) is 2. The minimum absolute atomic E-state index is 0.0901. The first kappa shape index (κ1) is 12.5. The number of aromatic carboxylic acids is 1. The first-order valence-electron chi connectivity index (χ1n) is 5.03. The fourth-order valence-electron chi connectivity index (χ4n) is 1.47. The number of benzene rings is 1. The van der Waals surface area contributed by atoms with Crippen molar-refractivity contribution in [1.29, 1.82) is 0 Å². The summed E-state index contributed by atoms with van der Waals surface area (Å²) in [4.78, 5) is 10.7. The number of hydrogen-bond donors (Lipinski definition) is 1. The highest BCUT2D eigenvalue weighted by Crippen LogP contribution is 2.30. The van der Waals surface area contributed by atoms with E-state index in [0.29, 0.717) is 11.4 Å². The van der Waals surface area contributed by atoms with Gasteiger partial charge < -0.3 is 9.84 Å². The normalized spacial score (nSPS) is 10.1. The van der Waals surface area contributed by atoms with Gasteiger partial charge in [0.1, 0.15) is 5.75 Å². The molecule has 2 rings (SSSR count). The van der Waals surface area contributed by atoms with E-state index in [2.05, 4.69) is 26.1 Å². The predicted molar refractivity (Wildman–Crippen MR) is 68.7 cm³/mol. The molecule has 0 saturated heterocycles. The molecule has 0 fully saturated rings. The van der Waals surface area contributed by atoms with E-state index in [0.717, 1.165) is 10.0 Å². The minimum atomic E-state index is -1.10. The van der Waals surface area contributed by atoms with Crippen LogP contribution in [0.25, 0.3) is 11.3 Å². The van der Waals surface area contributed by atoms with Crippen LogP contribution < -0.4 is 4.74 Å². The van der Waals surface area contributed by atoms with Crippen molar-refractivity contribution in [3.63, 3.8) is 0 Å². The molecule has 1 aromatic carbocycles. The average Bonchev–Trinajstić information content (AvgIpc) is 2.39. The van der Waals surface area contributed by atoms with Crippen molar-refractivity contribution in [2.24, 2.45) is 0 Å². The van der Waals surface area contributed by atoms with Gasteiger partial charge in [-0.2, -0.15) is 0 Å². The van der Waals surface area contributed by atoms with Crippen molar-refractivity contribution in [3.8, 4) is 17.0 Å². The first-order valence-corrected chi connectivity index (χ1v) is 5.82. The lowest BCUT2D eigenvalue weighted by Crippen LogP contribution is -2.02. The zero-order chi connectivity index (χ0) is 13.1. The summed E-state index contributed by atoms with van der Waals surface area (Å²) < 4.78 is 6.10. The Morgan fingerprint density at radius 2 is 2.06 bits per heavy atom. The molecule has 6 heteroatoms. The molecule has 0 saturated carbocycles. The fraction of sp³-hybridized carbons (Fsp3) is 0.0833. The van der Waals surface area contributed by atoms with Gasteiger partial charge in [0, 0.05) is 10.0 Å². The van der Waals surface area contributed by atoms with Gasteiger partial charge in [-0.25, -0.2) is 4.79 Å². The summed E-state index contributed by atoms with van der Waals surface area (Å²) in [6.45, 7) is 0. The van der Waals surface area contributed by atoms with Crippen LogP contribution in [-0.4, -0.2) is 28.4 Å². The molecule has 0 atom stereocenters. The van der Waals surface area contributed by atoms with Gasteiger partial charge in [0.2, 0.25) is 0 Å². The van der Waals surface area contributed by atoms with Crippen LogP contribution >= 0.6 is 15.9 Å². The van der Waals surface area contributed by atoms with E-state index >= 15 is 0 Å². The molecule has 0 spiro atoms. The van der Waals surface area contributed by atoms with Crippen molar-refractivity contribution in [2.75, 3.05) is 7.11 Å². The maximum Gasteiger partial charge on any atom is 0.356 e. The molecule has 1 heterocycles. The van der Waals surface area contributed by atoms with Crippen LogP contribution in [0, 0.1) is 0 Å². The molecule has 1 N–H and O–H groups in total. The molecule has 0 bridgehead atoms. The van der Waals surface area contributed by atoms with Crippen molar-refractivity contribution in [3.05, 3.63) is 40.5 Å². The second-order valence-electron chi connectivity index (χ2n) is 3.45. The number of hydrogen-bond acceptors (Lipinski definition) is 4. The summed E-state index contributed by atoms with van der Waals surface area (Å²) in [5.74, 6) is -0.453. The molecule has 1 aromatic heterocycles. The number of carboxylic acid groups (broad SMARTS) is 1. The van der Waals surface area contributed by atoms with Crippen LogP contribution in [0.5, 0.6) is 5.75 Å². The Hall–Kier alpha value is -1.95. The van der Waals surface area contributed by atoms with E-state index in [1.165, 1.54) is 6.07 Å². The molecule has 92 valence electrons. The first-order chi connectivity index (χ1) is 8.61. The van der Waals surface area contributed by atoms with Crippen LogP contribution in [0.1, 0.15) is 10.5 Å². The summed E-state index contributed by atoms with van der Waals surface area (Å²) in [6.07, 6.45) is 0.